The molecular weight excluding hydrogens is 288 g/mol. The zero-order valence-electron chi connectivity index (χ0n) is 10.6. The van der Waals surface area contributed by atoms with Gasteiger partial charge in [0.2, 0.25) is 10.0 Å². The van der Waals surface area contributed by atoms with Gasteiger partial charge < -0.3 is 5.11 Å². The first-order chi connectivity index (χ1) is 9.23. The fourth-order valence-electron chi connectivity index (χ4n) is 1.41. The summed E-state index contributed by atoms with van der Waals surface area (Å²) in [6, 6.07) is 5.49. The molecule has 0 heterocycles. The van der Waals surface area contributed by atoms with E-state index in [1.54, 1.807) is 0 Å². The van der Waals surface area contributed by atoms with Crippen molar-refractivity contribution < 1.29 is 23.2 Å². The van der Waals surface area contributed by atoms with Gasteiger partial charge in [0, 0.05) is 18.2 Å². The van der Waals surface area contributed by atoms with Gasteiger partial charge in [0.15, 0.2) is 0 Å². The van der Waals surface area contributed by atoms with Gasteiger partial charge in [-0.15, -0.1) is 0 Å². The third-order valence-electron chi connectivity index (χ3n) is 2.56. The van der Waals surface area contributed by atoms with Crippen LogP contribution in [0.4, 0.5) is 5.69 Å². The van der Waals surface area contributed by atoms with Crippen LogP contribution in [0.2, 0.25) is 0 Å². The van der Waals surface area contributed by atoms with Gasteiger partial charge in [-0.2, -0.15) is 0 Å². The number of benzene rings is 1. The number of aliphatic carboxylic acids is 1. The molecule has 8 nitrogen and oxygen atoms in total. The van der Waals surface area contributed by atoms with Crippen LogP contribution in [-0.2, 0) is 20.6 Å². The zero-order valence-corrected chi connectivity index (χ0v) is 11.5. The van der Waals surface area contributed by atoms with E-state index in [2.05, 4.69) is 4.72 Å². The number of nitrogens with one attached hydrogen (secondary N) is 1. The minimum atomic E-state index is -3.84. The number of rotatable bonds is 7. The lowest BCUT2D eigenvalue weighted by molar-refractivity contribution is -0.385. The normalized spacial score (nSPS) is 12.8. The Labute approximate surface area is 115 Å². The molecule has 0 aliphatic heterocycles. The van der Waals surface area contributed by atoms with Crippen LogP contribution in [0.1, 0.15) is 12.5 Å². The lowest BCUT2D eigenvalue weighted by Gasteiger charge is -2.09. The minimum Gasteiger partial charge on any atom is -0.481 e. The smallest absolute Gasteiger partial charge is 0.307 e. The standard InChI is InChI=1S/C11H14N2O6S/c1-8(11(14)15)6-12-20(18,19)7-9-4-2-3-5-10(9)13(16)17/h2-5,8,12H,6-7H2,1H3,(H,14,15). The van der Waals surface area contributed by atoms with Crippen molar-refractivity contribution in [2.75, 3.05) is 6.54 Å². The molecule has 0 saturated heterocycles. The number of carboxylic acid groups (broad SMARTS) is 1. The van der Waals surface area contributed by atoms with Gasteiger partial charge in [-0.25, -0.2) is 13.1 Å². The average molecular weight is 302 g/mol. The van der Waals surface area contributed by atoms with Crippen LogP contribution in [0.25, 0.3) is 0 Å². The highest BCUT2D eigenvalue weighted by atomic mass is 32.2. The lowest BCUT2D eigenvalue weighted by atomic mass is 10.2. The molecule has 1 aromatic carbocycles. The summed E-state index contributed by atoms with van der Waals surface area (Å²) in [6.07, 6.45) is 0. The van der Waals surface area contributed by atoms with E-state index >= 15 is 0 Å². The Morgan fingerprint density at radius 3 is 2.60 bits per heavy atom. The molecule has 0 bridgehead atoms. The molecule has 0 aliphatic rings. The summed E-state index contributed by atoms with van der Waals surface area (Å²) in [4.78, 5) is 20.7. The summed E-state index contributed by atoms with van der Waals surface area (Å²) in [5.74, 6) is -2.58. The number of hydrogen-bond donors (Lipinski definition) is 2. The summed E-state index contributed by atoms with van der Waals surface area (Å²) in [5, 5.41) is 19.4. The molecule has 0 radical (unpaired) electrons. The number of nitro benzene ring substituents is 1. The molecule has 20 heavy (non-hydrogen) atoms. The Kier molecular flexibility index (Phi) is 5.17. The SMILES string of the molecule is CC(CNS(=O)(=O)Cc1ccccc1[N+](=O)[O-])C(=O)O. The van der Waals surface area contributed by atoms with Crippen LogP contribution in [0.5, 0.6) is 0 Å². The third-order valence-corrected chi connectivity index (χ3v) is 3.86. The second kappa shape index (κ2) is 6.44. The van der Waals surface area contributed by atoms with E-state index in [0.29, 0.717) is 0 Å². The Balaban J connectivity index is 2.82. The van der Waals surface area contributed by atoms with Gasteiger partial charge in [-0.3, -0.25) is 14.9 Å². The average Bonchev–Trinajstić information content (AvgIpc) is 2.35. The van der Waals surface area contributed by atoms with Crippen molar-refractivity contribution in [2.45, 2.75) is 12.7 Å². The predicted molar refractivity (Wildman–Crippen MR) is 70.5 cm³/mol. The molecule has 9 heteroatoms. The van der Waals surface area contributed by atoms with Crippen molar-refractivity contribution in [2.24, 2.45) is 5.92 Å². The van der Waals surface area contributed by atoms with E-state index in [0.717, 1.165) is 0 Å². The Bertz CT molecular complexity index is 613. The number of sulfonamides is 1. The summed E-state index contributed by atoms with van der Waals surface area (Å²) in [5.41, 5.74) is -0.239. The van der Waals surface area contributed by atoms with Gasteiger partial charge in [0.1, 0.15) is 0 Å². The molecule has 0 aliphatic carbocycles. The van der Waals surface area contributed by atoms with Crippen LogP contribution in [0.3, 0.4) is 0 Å². The number of carboxylic acids is 1. The maximum absolute atomic E-state index is 11.8. The Hall–Kier alpha value is -2.00. The highest BCUT2D eigenvalue weighted by molar-refractivity contribution is 7.88. The first kappa shape index (κ1) is 16.1. The quantitative estimate of drug-likeness (QED) is 0.565. The van der Waals surface area contributed by atoms with Gasteiger partial charge in [-0.05, 0) is 0 Å². The first-order valence-electron chi connectivity index (χ1n) is 5.65. The maximum atomic E-state index is 11.8. The van der Waals surface area contributed by atoms with Crippen LogP contribution in [0, 0.1) is 16.0 Å². The number of nitro groups is 1. The topological polar surface area (TPSA) is 127 Å². The summed E-state index contributed by atoms with van der Waals surface area (Å²) in [7, 11) is -3.84. The van der Waals surface area contributed by atoms with E-state index in [-0.39, 0.29) is 17.8 Å². The van der Waals surface area contributed by atoms with E-state index < -0.39 is 32.6 Å². The molecule has 0 amide bonds. The van der Waals surface area contributed by atoms with Crippen LogP contribution >= 0.6 is 0 Å². The first-order valence-corrected chi connectivity index (χ1v) is 7.30. The number of hydrogen-bond acceptors (Lipinski definition) is 5. The van der Waals surface area contributed by atoms with Crippen LogP contribution < -0.4 is 4.72 Å². The second-order valence-corrected chi connectivity index (χ2v) is 6.04. The van der Waals surface area contributed by atoms with Gasteiger partial charge >= 0.3 is 5.97 Å². The number of nitrogens with zero attached hydrogens (tertiary/aromatic N) is 1. The minimum absolute atomic E-state index is 0.0491. The van der Waals surface area contributed by atoms with E-state index in [1.807, 2.05) is 0 Å². The summed E-state index contributed by atoms with van der Waals surface area (Å²) < 4.78 is 25.7. The van der Waals surface area contributed by atoms with Crippen LogP contribution in [-0.4, -0.2) is 31.0 Å². The molecule has 0 spiro atoms. The van der Waals surface area contributed by atoms with Gasteiger partial charge in [0.05, 0.1) is 16.6 Å². The molecule has 1 rings (SSSR count). The fourth-order valence-corrected chi connectivity index (χ4v) is 2.67. The van der Waals surface area contributed by atoms with Gasteiger partial charge in [0.25, 0.3) is 5.69 Å². The largest absolute Gasteiger partial charge is 0.481 e. The second-order valence-electron chi connectivity index (χ2n) is 4.23. The van der Waals surface area contributed by atoms with Crippen molar-refractivity contribution in [3.8, 4) is 0 Å². The molecule has 2 N–H and O–H groups in total. The Morgan fingerprint density at radius 1 is 1.45 bits per heavy atom. The molecule has 0 fully saturated rings. The van der Waals surface area contributed by atoms with E-state index in [9.17, 15) is 23.3 Å². The van der Waals surface area contributed by atoms with Crippen molar-refractivity contribution in [1.82, 2.24) is 4.72 Å². The summed E-state index contributed by atoms with van der Waals surface area (Å²) in [6.45, 7) is 1.09. The van der Waals surface area contributed by atoms with Crippen molar-refractivity contribution in [3.63, 3.8) is 0 Å². The van der Waals surface area contributed by atoms with E-state index in [1.165, 1.54) is 31.2 Å². The molecular formula is C11H14N2O6S. The maximum Gasteiger partial charge on any atom is 0.307 e. The fraction of sp³-hybridized carbons (Fsp3) is 0.364. The van der Waals surface area contributed by atoms with Crippen molar-refractivity contribution in [3.05, 3.63) is 39.9 Å². The third kappa shape index (κ3) is 4.59. The molecule has 110 valence electrons. The number of para-hydroxylation sites is 1. The highest BCUT2D eigenvalue weighted by Crippen LogP contribution is 2.19. The monoisotopic (exact) mass is 302 g/mol. The molecule has 1 aromatic rings. The molecule has 1 atom stereocenters. The van der Waals surface area contributed by atoms with Crippen LogP contribution in [0.15, 0.2) is 24.3 Å². The molecule has 1 unspecified atom stereocenters. The Morgan fingerprint density at radius 2 is 2.05 bits per heavy atom. The van der Waals surface area contributed by atoms with Gasteiger partial charge in [-0.1, -0.05) is 25.1 Å². The summed E-state index contributed by atoms with van der Waals surface area (Å²) >= 11 is 0. The molecule has 0 saturated carbocycles. The number of carbonyl (C=O) groups is 1. The van der Waals surface area contributed by atoms with Crippen molar-refractivity contribution in [1.29, 1.82) is 0 Å². The zero-order chi connectivity index (χ0) is 15.3. The predicted octanol–water partition coefficient (Wildman–Crippen LogP) is 0.735. The lowest BCUT2D eigenvalue weighted by Crippen LogP contribution is -2.32. The van der Waals surface area contributed by atoms with Crippen molar-refractivity contribution >= 4 is 21.7 Å². The van der Waals surface area contributed by atoms with E-state index in [4.69, 9.17) is 5.11 Å². The highest BCUT2D eigenvalue weighted by Gasteiger charge is 2.21. The molecule has 0 aromatic heterocycles.